The van der Waals surface area contributed by atoms with Gasteiger partial charge in [0.25, 0.3) is 0 Å². The minimum atomic E-state index is 0.587. The number of benzene rings is 6. The summed E-state index contributed by atoms with van der Waals surface area (Å²) in [6.07, 6.45) is 0. The molecule has 2 aromatic heterocycles. The quantitative estimate of drug-likeness (QED) is 0.237. The first-order valence-electron chi connectivity index (χ1n) is 12.6. The van der Waals surface area contributed by atoms with Gasteiger partial charge in [-0.15, -0.1) is 0 Å². The Labute approximate surface area is 223 Å². The molecule has 0 aliphatic heterocycles. The van der Waals surface area contributed by atoms with Gasteiger partial charge in [0.05, 0.1) is 27.2 Å². The zero-order valence-electron chi connectivity index (χ0n) is 20.2. The van der Waals surface area contributed by atoms with E-state index < -0.39 is 0 Å². The second kappa shape index (κ2) is 8.14. The molecule has 8 aromatic rings. The molecule has 8 rings (SSSR count). The van der Waals surface area contributed by atoms with E-state index in [4.69, 9.17) is 20.4 Å². The third kappa shape index (κ3) is 3.09. The van der Waals surface area contributed by atoms with Crippen LogP contribution in [0.2, 0.25) is 5.02 Å². The third-order valence-corrected chi connectivity index (χ3v) is 7.59. The highest BCUT2D eigenvalue weighted by molar-refractivity contribution is 6.37. The fourth-order valence-corrected chi connectivity index (χ4v) is 5.83. The Hall–Kier alpha value is -4.73. The van der Waals surface area contributed by atoms with Crippen molar-refractivity contribution in [1.29, 1.82) is 0 Å². The van der Waals surface area contributed by atoms with Gasteiger partial charge in [0.2, 0.25) is 0 Å². The Kier molecular flexibility index (Phi) is 4.58. The Balaban J connectivity index is 1.52. The molecule has 0 atom stereocenters. The number of para-hydroxylation sites is 2. The normalized spacial score (nSPS) is 11.8. The first-order valence-corrected chi connectivity index (χ1v) is 12.9. The van der Waals surface area contributed by atoms with E-state index in [1.54, 1.807) is 0 Å². The molecular formula is C34H20ClNO2. The van der Waals surface area contributed by atoms with Crippen molar-refractivity contribution in [3.8, 4) is 0 Å². The zero-order valence-corrected chi connectivity index (χ0v) is 20.9. The maximum Gasteiger partial charge on any atom is 0.156 e. The summed E-state index contributed by atoms with van der Waals surface area (Å²) in [5.41, 5.74) is 6.25. The minimum Gasteiger partial charge on any atom is -0.456 e. The van der Waals surface area contributed by atoms with Crippen molar-refractivity contribution in [1.82, 2.24) is 0 Å². The number of fused-ring (bicyclic) bond motifs is 7. The van der Waals surface area contributed by atoms with E-state index in [2.05, 4.69) is 83.8 Å². The van der Waals surface area contributed by atoms with Crippen molar-refractivity contribution in [2.75, 3.05) is 4.90 Å². The average molecular weight is 510 g/mol. The van der Waals surface area contributed by atoms with Crippen LogP contribution in [0.1, 0.15) is 0 Å². The Morgan fingerprint density at radius 1 is 0.500 bits per heavy atom. The lowest BCUT2D eigenvalue weighted by atomic mass is 10.0. The number of rotatable bonds is 3. The fraction of sp³-hybridized carbons (Fsp3) is 0. The van der Waals surface area contributed by atoms with Gasteiger partial charge < -0.3 is 13.7 Å². The molecule has 0 radical (unpaired) electrons. The van der Waals surface area contributed by atoms with Crippen LogP contribution in [-0.4, -0.2) is 0 Å². The molecule has 0 unspecified atom stereocenters. The lowest BCUT2D eigenvalue weighted by Gasteiger charge is -2.27. The van der Waals surface area contributed by atoms with Crippen molar-refractivity contribution in [2.24, 2.45) is 0 Å². The second-order valence-electron chi connectivity index (χ2n) is 9.49. The predicted octanol–water partition coefficient (Wildman–Crippen LogP) is 10.8. The summed E-state index contributed by atoms with van der Waals surface area (Å²) < 4.78 is 12.7. The van der Waals surface area contributed by atoms with Crippen LogP contribution in [0, 0.1) is 0 Å². The summed E-state index contributed by atoms with van der Waals surface area (Å²) in [4.78, 5) is 2.28. The molecular weight excluding hydrogens is 490 g/mol. The van der Waals surface area contributed by atoms with Gasteiger partial charge >= 0.3 is 0 Å². The average Bonchev–Trinajstić information content (AvgIpc) is 3.53. The molecule has 0 saturated heterocycles. The monoisotopic (exact) mass is 509 g/mol. The maximum absolute atomic E-state index is 6.76. The van der Waals surface area contributed by atoms with Gasteiger partial charge in [0, 0.05) is 16.5 Å². The van der Waals surface area contributed by atoms with Crippen LogP contribution in [-0.2, 0) is 0 Å². The van der Waals surface area contributed by atoms with Crippen molar-refractivity contribution in [2.45, 2.75) is 0 Å². The first kappa shape index (κ1) is 21.4. The van der Waals surface area contributed by atoms with Gasteiger partial charge in [0.15, 0.2) is 5.58 Å². The minimum absolute atomic E-state index is 0.587. The van der Waals surface area contributed by atoms with Crippen LogP contribution < -0.4 is 4.90 Å². The number of furan rings is 2. The summed E-state index contributed by atoms with van der Waals surface area (Å²) in [6, 6.07) is 41.5. The molecule has 0 spiro atoms. The van der Waals surface area contributed by atoms with E-state index >= 15 is 0 Å². The van der Waals surface area contributed by atoms with E-state index in [0.29, 0.717) is 10.6 Å². The van der Waals surface area contributed by atoms with E-state index in [-0.39, 0.29) is 0 Å². The van der Waals surface area contributed by atoms with Gasteiger partial charge in [-0.05, 0) is 65.4 Å². The highest BCUT2D eigenvalue weighted by Gasteiger charge is 2.24. The molecule has 4 heteroatoms. The Morgan fingerprint density at radius 2 is 1.21 bits per heavy atom. The molecule has 0 aliphatic rings. The molecule has 38 heavy (non-hydrogen) atoms. The number of nitrogens with zero attached hydrogens (tertiary/aromatic N) is 1. The number of halogens is 1. The largest absolute Gasteiger partial charge is 0.456 e. The molecule has 0 bridgehead atoms. The standard InChI is InChI=1S/C34H20ClNO2/c35-26-17-18-28(33-25-19-21-9-4-5-10-22(21)20-31(25)38-34(26)33)36(23-11-2-1-3-12-23)27-14-8-16-30-32(27)24-13-6-7-15-29(24)37-30/h1-20H. The van der Waals surface area contributed by atoms with E-state index in [0.717, 1.165) is 66.1 Å². The zero-order chi connectivity index (χ0) is 25.2. The lowest BCUT2D eigenvalue weighted by Crippen LogP contribution is -2.10. The molecule has 0 amide bonds. The topological polar surface area (TPSA) is 29.5 Å². The molecule has 3 nitrogen and oxygen atoms in total. The van der Waals surface area contributed by atoms with Crippen molar-refractivity contribution >= 4 is 83.3 Å². The number of hydrogen-bond acceptors (Lipinski definition) is 3. The Morgan fingerprint density at radius 3 is 2.08 bits per heavy atom. The molecule has 0 saturated carbocycles. The highest BCUT2D eigenvalue weighted by atomic mass is 35.5. The van der Waals surface area contributed by atoms with E-state index in [9.17, 15) is 0 Å². The summed E-state index contributed by atoms with van der Waals surface area (Å²) in [6.45, 7) is 0. The van der Waals surface area contributed by atoms with Gasteiger partial charge in [-0.25, -0.2) is 0 Å². The van der Waals surface area contributed by atoms with Gasteiger partial charge in [-0.1, -0.05) is 78.3 Å². The molecule has 6 aromatic carbocycles. The predicted molar refractivity (Wildman–Crippen MR) is 158 cm³/mol. The SMILES string of the molecule is Clc1ccc(N(c2ccccc2)c2cccc3oc4ccccc4c23)c2c1oc1cc3ccccc3cc12. The number of hydrogen-bond donors (Lipinski definition) is 0. The molecule has 0 fully saturated rings. The van der Waals surface area contributed by atoms with Crippen molar-refractivity contribution in [3.05, 3.63) is 126 Å². The van der Waals surface area contributed by atoms with Crippen LogP contribution in [0.5, 0.6) is 0 Å². The molecule has 180 valence electrons. The van der Waals surface area contributed by atoms with Gasteiger partial charge in [-0.2, -0.15) is 0 Å². The molecule has 0 aliphatic carbocycles. The number of anilines is 3. The van der Waals surface area contributed by atoms with E-state index in [1.807, 2.05) is 42.5 Å². The van der Waals surface area contributed by atoms with Crippen LogP contribution in [0.4, 0.5) is 17.1 Å². The van der Waals surface area contributed by atoms with Crippen LogP contribution in [0.3, 0.4) is 0 Å². The van der Waals surface area contributed by atoms with E-state index in [1.165, 1.54) is 0 Å². The van der Waals surface area contributed by atoms with Crippen LogP contribution in [0.25, 0.3) is 54.6 Å². The summed E-state index contributed by atoms with van der Waals surface area (Å²) in [5.74, 6) is 0. The molecule has 2 heterocycles. The van der Waals surface area contributed by atoms with Crippen LogP contribution in [0.15, 0.2) is 130 Å². The summed E-state index contributed by atoms with van der Waals surface area (Å²) in [7, 11) is 0. The van der Waals surface area contributed by atoms with Crippen molar-refractivity contribution in [3.63, 3.8) is 0 Å². The summed E-state index contributed by atoms with van der Waals surface area (Å²) in [5, 5.41) is 7.02. The van der Waals surface area contributed by atoms with Crippen molar-refractivity contribution < 1.29 is 8.83 Å². The fourth-order valence-electron chi connectivity index (χ4n) is 5.63. The second-order valence-corrected chi connectivity index (χ2v) is 9.89. The smallest absolute Gasteiger partial charge is 0.156 e. The third-order valence-electron chi connectivity index (χ3n) is 7.29. The van der Waals surface area contributed by atoms with Gasteiger partial charge in [0.1, 0.15) is 16.7 Å². The highest BCUT2D eigenvalue weighted by Crippen LogP contribution is 2.48. The van der Waals surface area contributed by atoms with Crippen LogP contribution >= 0.6 is 11.6 Å². The first-order chi connectivity index (χ1) is 18.8. The summed E-state index contributed by atoms with van der Waals surface area (Å²) >= 11 is 6.76. The van der Waals surface area contributed by atoms with Gasteiger partial charge in [-0.3, -0.25) is 0 Å². The lowest BCUT2D eigenvalue weighted by molar-refractivity contribution is 0.669. The Bertz CT molecular complexity index is 2160. The molecule has 0 N–H and O–H groups in total. The maximum atomic E-state index is 6.76.